The minimum atomic E-state index is -1.82. The maximum Gasteiger partial charge on any atom is 0.353 e. The molecule has 50 heavy (non-hydrogen) atoms. The summed E-state index contributed by atoms with van der Waals surface area (Å²) in [4.78, 5) is 90.1. The van der Waals surface area contributed by atoms with E-state index in [1.165, 1.54) is 12.3 Å². The Morgan fingerprint density at radius 2 is 1.24 bits per heavy atom. The van der Waals surface area contributed by atoms with E-state index >= 15 is 0 Å². The Balaban J connectivity index is 2.16. The maximum absolute atomic E-state index is 13.1. The van der Waals surface area contributed by atoms with E-state index in [0.717, 1.165) is 46.1 Å². The van der Waals surface area contributed by atoms with E-state index in [-0.39, 0.29) is 12.5 Å². The lowest BCUT2D eigenvalue weighted by Gasteiger charge is -2.48. The van der Waals surface area contributed by atoms with Gasteiger partial charge in [-0.25, -0.2) is 4.79 Å². The van der Waals surface area contributed by atoms with Crippen molar-refractivity contribution in [2.45, 2.75) is 110 Å². The molecule has 2 aliphatic rings. The Kier molecular flexibility index (Phi) is 14.2. The van der Waals surface area contributed by atoms with Gasteiger partial charge in [0.15, 0.2) is 43.0 Å². The lowest BCUT2D eigenvalue weighted by molar-refractivity contribution is -0.349. The summed E-state index contributed by atoms with van der Waals surface area (Å²) in [6.45, 7) is 6.67. The summed E-state index contributed by atoms with van der Waals surface area (Å²) in [6, 6.07) is 1.33. The van der Waals surface area contributed by atoms with E-state index in [4.69, 9.17) is 47.4 Å². The lowest BCUT2D eigenvalue weighted by atomic mass is 9.95. The Hall–Kier alpha value is -4.66. The van der Waals surface area contributed by atoms with Gasteiger partial charge in [-0.3, -0.25) is 33.3 Å². The molecule has 0 aliphatic carbocycles. The van der Waals surface area contributed by atoms with Gasteiger partial charge in [0.25, 0.3) is 0 Å². The fourth-order valence-corrected chi connectivity index (χ4v) is 5.35. The van der Waals surface area contributed by atoms with Crippen molar-refractivity contribution in [3.8, 4) is 5.88 Å². The van der Waals surface area contributed by atoms with Gasteiger partial charge in [0.2, 0.25) is 5.88 Å². The second-order valence-corrected chi connectivity index (χ2v) is 11.0. The summed E-state index contributed by atoms with van der Waals surface area (Å²) >= 11 is 0. The third kappa shape index (κ3) is 10.4. The standard InChI is InChI=1S/C30H40N2O18/c1-8-41-21-9-10-32(30(40)31-21)28-26(46-17(6)38)24(44-15(4)36)22(19(11-33)48-28)50-29-27(47-18(7)39)25(45-16(5)37)23(43-14(3)35)20(49-29)12-42-13(2)34/h9-10,19-20,22-29,33H,8,11-12H2,1-7H3. The van der Waals surface area contributed by atoms with Crippen LogP contribution in [-0.2, 0) is 71.4 Å². The molecule has 0 radical (unpaired) electrons. The molecule has 10 atom stereocenters. The van der Waals surface area contributed by atoms with Crippen molar-refractivity contribution in [2.75, 3.05) is 19.8 Å². The molecule has 0 aromatic carbocycles. The number of aromatic nitrogens is 2. The molecule has 1 N–H and O–H groups in total. The van der Waals surface area contributed by atoms with Crippen LogP contribution in [0.1, 0.15) is 54.7 Å². The number of rotatable bonds is 13. The number of nitrogens with zero attached hydrogens (tertiary/aromatic N) is 2. The number of carbonyl (C=O) groups is 6. The van der Waals surface area contributed by atoms with E-state index in [9.17, 15) is 38.7 Å². The molecule has 0 saturated carbocycles. The SMILES string of the molecule is CCOc1ccn(C2OC(CO)C(OC3OC(COC(C)=O)C(OC(C)=O)C(OC(C)=O)C3OC(C)=O)C(OC(C)=O)C2OC(C)=O)c(=O)n1. The number of ether oxygens (including phenoxy) is 10. The van der Waals surface area contributed by atoms with Crippen LogP contribution in [0.15, 0.2) is 17.1 Å². The predicted octanol–water partition coefficient (Wildman–Crippen LogP) is -1.14. The second kappa shape index (κ2) is 17.8. The minimum absolute atomic E-state index is 0.0197. The number of esters is 6. The summed E-state index contributed by atoms with van der Waals surface area (Å²) in [5, 5.41) is 10.5. The average Bonchev–Trinajstić information content (AvgIpc) is 3.00. The lowest BCUT2D eigenvalue weighted by Crippen LogP contribution is -2.66. The van der Waals surface area contributed by atoms with Gasteiger partial charge in [-0.1, -0.05) is 0 Å². The molecular formula is C30H40N2O18. The summed E-state index contributed by atoms with van der Waals surface area (Å²) in [7, 11) is 0. The van der Waals surface area contributed by atoms with Gasteiger partial charge in [-0.2, -0.15) is 4.98 Å². The fraction of sp³-hybridized carbons (Fsp3) is 0.667. The smallest absolute Gasteiger partial charge is 0.353 e. The topological polar surface area (TPSA) is 250 Å². The zero-order chi connectivity index (χ0) is 37.3. The van der Waals surface area contributed by atoms with Crippen LogP contribution in [0, 0.1) is 0 Å². The summed E-state index contributed by atoms with van der Waals surface area (Å²) in [5.41, 5.74) is -0.921. The first-order valence-corrected chi connectivity index (χ1v) is 15.3. The maximum atomic E-state index is 13.1. The Morgan fingerprint density at radius 1 is 0.720 bits per heavy atom. The van der Waals surface area contributed by atoms with Gasteiger partial charge < -0.3 is 52.5 Å². The first kappa shape index (κ1) is 39.8. The monoisotopic (exact) mass is 716 g/mol. The minimum Gasteiger partial charge on any atom is -0.478 e. The Bertz CT molecular complexity index is 1460. The first-order valence-electron chi connectivity index (χ1n) is 15.3. The summed E-state index contributed by atoms with van der Waals surface area (Å²) in [5.74, 6) is -5.31. The molecule has 2 aliphatic heterocycles. The van der Waals surface area contributed by atoms with Crippen LogP contribution in [0.25, 0.3) is 0 Å². The molecule has 2 fully saturated rings. The second-order valence-electron chi connectivity index (χ2n) is 11.0. The zero-order valence-corrected chi connectivity index (χ0v) is 28.3. The highest BCUT2D eigenvalue weighted by atomic mass is 16.8. The molecule has 1 aromatic rings. The number of aliphatic hydroxyl groups is 1. The third-order valence-corrected chi connectivity index (χ3v) is 7.00. The summed E-state index contributed by atoms with van der Waals surface area (Å²) < 4.78 is 56.7. The average molecular weight is 717 g/mol. The van der Waals surface area contributed by atoms with Crippen LogP contribution in [0.2, 0.25) is 0 Å². The quantitative estimate of drug-likeness (QED) is 0.187. The molecule has 0 spiro atoms. The zero-order valence-electron chi connectivity index (χ0n) is 28.3. The predicted molar refractivity (Wildman–Crippen MR) is 159 cm³/mol. The summed E-state index contributed by atoms with van der Waals surface area (Å²) in [6.07, 6.45) is -14.9. The van der Waals surface area contributed by atoms with Gasteiger partial charge in [0.1, 0.15) is 24.9 Å². The van der Waals surface area contributed by atoms with Crippen molar-refractivity contribution in [3.05, 3.63) is 22.7 Å². The van der Waals surface area contributed by atoms with Crippen LogP contribution in [0.3, 0.4) is 0 Å². The van der Waals surface area contributed by atoms with Crippen LogP contribution < -0.4 is 10.4 Å². The highest BCUT2D eigenvalue weighted by Gasteiger charge is 2.57. The van der Waals surface area contributed by atoms with Gasteiger partial charge in [0.05, 0.1) is 13.2 Å². The molecule has 3 rings (SSSR count). The first-order chi connectivity index (χ1) is 23.6. The van der Waals surface area contributed by atoms with Crippen LogP contribution in [0.4, 0.5) is 0 Å². The van der Waals surface area contributed by atoms with E-state index in [0.29, 0.717) is 0 Å². The molecule has 3 heterocycles. The van der Waals surface area contributed by atoms with Gasteiger partial charge in [-0.15, -0.1) is 0 Å². The molecule has 278 valence electrons. The molecule has 0 amide bonds. The van der Waals surface area contributed by atoms with E-state index in [1.807, 2.05) is 0 Å². The highest BCUT2D eigenvalue weighted by molar-refractivity contribution is 5.69. The van der Waals surface area contributed by atoms with Crippen molar-refractivity contribution in [3.63, 3.8) is 0 Å². The van der Waals surface area contributed by atoms with E-state index < -0.39 is 116 Å². The molecule has 20 nitrogen and oxygen atoms in total. The highest BCUT2D eigenvalue weighted by Crippen LogP contribution is 2.37. The van der Waals surface area contributed by atoms with Crippen LogP contribution in [-0.4, -0.2) is 125 Å². The molecule has 10 unspecified atom stereocenters. The van der Waals surface area contributed by atoms with Gasteiger partial charge in [-0.05, 0) is 6.92 Å². The van der Waals surface area contributed by atoms with Crippen molar-refractivity contribution < 1.29 is 81.2 Å². The number of carbonyl (C=O) groups excluding carboxylic acids is 6. The van der Waals surface area contributed by atoms with E-state index in [2.05, 4.69) is 4.98 Å². The van der Waals surface area contributed by atoms with E-state index in [1.54, 1.807) is 6.92 Å². The fourth-order valence-electron chi connectivity index (χ4n) is 5.35. The molecule has 0 bridgehead atoms. The Morgan fingerprint density at radius 3 is 1.74 bits per heavy atom. The molecule has 2 saturated heterocycles. The normalized spacial score (nSPS) is 29.1. The molecule has 1 aromatic heterocycles. The van der Waals surface area contributed by atoms with Crippen molar-refractivity contribution in [2.24, 2.45) is 0 Å². The largest absolute Gasteiger partial charge is 0.478 e. The van der Waals surface area contributed by atoms with Crippen molar-refractivity contribution >= 4 is 35.8 Å². The van der Waals surface area contributed by atoms with Crippen molar-refractivity contribution in [1.29, 1.82) is 0 Å². The van der Waals surface area contributed by atoms with Crippen molar-refractivity contribution in [1.82, 2.24) is 9.55 Å². The van der Waals surface area contributed by atoms with Gasteiger partial charge >= 0.3 is 41.5 Å². The molecule has 20 heteroatoms. The van der Waals surface area contributed by atoms with Crippen LogP contribution in [0.5, 0.6) is 5.88 Å². The van der Waals surface area contributed by atoms with Gasteiger partial charge in [0, 0.05) is 53.8 Å². The number of hydrogen-bond acceptors (Lipinski definition) is 19. The number of hydrogen-bond donors (Lipinski definition) is 1. The molecular weight excluding hydrogens is 676 g/mol. The third-order valence-electron chi connectivity index (χ3n) is 7.00. The Labute approximate surface area is 285 Å². The number of aliphatic hydroxyl groups excluding tert-OH is 1. The van der Waals surface area contributed by atoms with Crippen LogP contribution >= 0.6 is 0 Å².